The van der Waals surface area contributed by atoms with E-state index in [1.54, 1.807) is 6.21 Å². The molecule has 3 nitrogen and oxygen atoms in total. The van der Waals surface area contributed by atoms with Gasteiger partial charge in [0.2, 0.25) is 0 Å². The minimum Gasteiger partial charge on any atom is -0.368 e. The quantitative estimate of drug-likeness (QED) is 0.735. The van der Waals surface area contributed by atoms with Gasteiger partial charge >= 0.3 is 0 Å². The van der Waals surface area contributed by atoms with Crippen molar-refractivity contribution in [2.45, 2.75) is 0 Å². The molecule has 1 aliphatic rings. The molecule has 1 heterocycles. The minimum absolute atomic E-state index is 0.694. The van der Waals surface area contributed by atoms with Gasteiger partial charge < -0.3 is 4.90 Å². The summed E-state index contributed by atoms with van der Waals surface area (Å²) in [5.74, 6) is 0. The predicted molar refractivity (Wildman–Crippen MR) is 104 cm³/mol. The van der Waals surface area contributed by atoms with Crippen molar-refractivity contribution >= 4 is 40.1 Å². The van der Waals surface area contributed by atoms with Gasteiger partial charge in [-0.3, -0.25) is 5.01 Å². The third-order valence-corrected chi connectivity index (χ3v) is 4.54. The number of allylic oxidation sites excluding steroid dienone is 1. The lowest BCUT2D eigenvalue weighted by Gasteiger charge is -2.34. The number of piperazine rings is 1. The third kappa shape index (κ3) is 4.53. The highest BCUT2D eigenvalue weighted by atomic mass is 35.5. The molecule has 0 N–H and O–H groups in total. The van der Waals surface area contributed by atoms with Gasteiger partial charge in [-0.2, -0.15) is 5.10 Å². The summed E-state index contributed by atoms with van der Waals surface area (Å²) < 4.78 is 0. The molecule has 1 saturated heterocycles. The fraction of sp³-hybridized carbons (Fsp3) is 0.211. The van der Waals surface area contributed by atoms with Crippen molar-refractivity contribution in [2.24, 2.45) is 5.10 Å². The molecule has 3 rings (SSSR count). The Morgan fingerprint density at radius 1 is 0.917 bits per heavy atom. The van der Waals surface area contributed by atoms with Crippen molar-refractivity contribution in [1.29, 1.82) is 0 Å². The summed E-state index contributed by atoms with van der Waals surface area (Å²) in [6.45, 7) is 3.65. The first kappa shape index (κ1) is 16.9. The lowest BCUT2D eigenvalue weighted by molar-refractivity contribution is 0.272. The largest absolute Gasteiger partial charge is 0.368 e. The van der Waals surface area contributed by atoms with Crippen molar-refractivity contribution in [3.63, 3.8) is 0 Å². The Balaban J connectivity index is 1.52. The Morgan fingerprint density at radius 3 is 2.25 bits per heavy atom. The van der Waals surface area contributed by atoms with Crippen molar-refractivity contribution < 1.29 is 0 Å². The SMILES string of the molecule is Cl/C(=C\C=N\N1CCN(c2ccc(Cl)cc2)CC1)c1ccccc1. The number of nitrogens with zero attached hydrogens (tertiary/aromatic N) is 3. The normalized spacial score (nSPS) is 16.0. The van der Waals surface area contributed by atoms with E-state index in [4.69, 9.17) is 23.2 Å². The van der Waals surface area contributed by atoms with E-state index in [2.05, 4.69) is 27.1 Å². The Kier molecular flexibility index (Phi) is 5.78. The average Bonchev–Trinajstić information content (AvgIpc) is 2.64. The topological polar surface area (TPSA) is 18.8 Å². The standard InChI is InChI=1S/C19H19Cl2N3/c20-17-6-8-18(9-7-17)23-12-14-24(15-13-23)22-11-10-19(21)16-4-2-1-3-5-16/h1-11H,12-15H2/b19-10-,22-11+. The van der Waals surface area contributed by atoms with Gasteiger partial charge in [0.1, 0.15) is 0 Å². The predicted octanol–water partition coefficient (Wildman–Crippen LogP) is 4.73. The van der Waals surface area contributed by atoms with Gasteiger partial charge in [0.15, 0.2) is 0 Å². The summed E-state index contributed by atoms with van der Waals surface area (Å²) in [7, 11) is 0. The Bertz CT molecular complexity index is 703. The van der Waals surface area contributed by atoms with Crippen LogP contribution in [-0.2, 0) is 0 Å². The zero-order chi connectivity index (χ0) is 16.8. The number of hydrogen-bond acceptors (Lipinski definition) is 3. The highest BCUT2D eigenvalue weighted by Gasteiger charge is 2.15. The summed E-state index contributed by atoms with van der Waals surface area (Å²) in [5, 5.41) is 8.02. The lowest BCUT2D eigenvalue weighted by atomic mass is 10.2. The van der Waals surface area contributed by atoms with Crippen LogP contribution in [-0.4, -0.2) is 37.4 Å². The molecule has 0 bridgehead atoms. The van der Waals surface area contributed by atoms with Gasteiger partial charge in [0.25, 0.3) is 0 Å². The first-order chi connectivity index (χ1) is 11.7. The Hall–Kier alpha value is -1.97. The molecule has 2 aromatic rings. The van der Waals surface area contributed by atoms with E-state index in [0.717, 1.165) is 36.8 Å². The summed E-state index contributed by atoms with van der Waals surface area (Å²) in [6.07, 6.45) is 3.61. The number of anilines is 1. The molecular weight excluding hydrogens is 341 g/mol. The molecule has 0 aliphatic carbocycles. The maximum Gasteiger partial charge on any atom is 0.0536 e. The molecule has 1 aliphatic heterocycles. The van der Waals surface area contributed by atoms with E-state index in [1.165, 1.54) is 5.69 Å². The van der Waals surface area contributed by atoms with E-state index in [9.17, 15) is 0 Å². The summed E-state index contributed by atoms with van der Waals surface area (Å²) in [5.41, 5.74) is 2.20. The van der Waals surface area contributed by atoms with Gasteiger partial charge in [0.05, 0.1) is 13.1 Å². The van der Waals surface area contributed by atoms with Crippen LogP contribution in [0.5, 0.6) is 0 Å². The number of halogens is 2. The smallest absolute Gasteiger partial charge is 0.0536 e. The molecule has 0 spiro atoms. The molecule has 2 aromatic carbocycles. The molecule has 5 heteroatoms. The number of hydrogen-bond donors (Lipinski definition) is 0. The van der Waals surface area contributed by atoms with Crippen LogP contribution in [0.1, 0.15) is 5.56 Å². The third-order valence-electron chi connectivity index (χ3n) is 3.95. The van der Waals surface area contributed by atoms with Crippen LogP contribution in [0.4, 0.5) is 5.69 Å². The van der Waals surface area contributed by atoms with Crippen molar-refractivity contribution in [3.05, 3.63) is 71.3 Å². The Labute approximate surface area is 152 Å². The Morgan fingerprint density at radius 2 is 1.58 bits per heavy atom. The first-order valence-corrected chi connectivity index (χ1v) is 8.68. The van der Waals surface area contributed by atoms with Crippen LogP contribution in [0.2, 0.25) is 5.02 Å². The zero-order valence-electron chi connectivity index (χ0n) is 13.3. The maximum absolute atomic E-state index is 6.27. The molecule has 0 atom stereocenters. The molecule has 0 amide bonds. The van der Waals surface area contributed by atoms with Gasteiger partial charge in [-0.25, -0.2) is 0 Å². The van der Waals surface area contributed by atoms with Gasteiger partial charge in [-0.1, -0.05) is 53.5 Å². The highest BCUT2D eigenvalue weighted by Crippen LogP contribution is 2.20. The van der Waals surface area contributed by atoms with Crippen LogP contribution >= 0.6 is 23.2 Å². The molecule has 124 valence electrons. The van der Waals surface area contributed by atoms with Gasteiger partial charge in [-0.15, -0.1) is 0 Å². The second-order valence-electron chi connectivity index (χ2n) is 5.56. The summed E-state index contributed by atoms with van der Waals surface area (Å²) in [4.78, 5) is 2.34. The average molecular weight is 360 g/mol. The van der Waals surface area contributed by atoms with Crippen LogP contribution in [0.25, 0.3) is 5.03 Å². The van der Waals surface area contributed by atoms with Crippen molar-refractivity contribution in [3.8, 4) is 0 Å². The van der Waals surface area contributed by atoms with E-state index in [0.29, 0.717) is 5.03 Å². The fourth-order valence-corrected chi connectivity index (χ4v) is 2.92. The van der Waals surface area contributed by atoms with Crippen LogP contribution < -0.4 is 4.90 Å². The van der Waals surface area contributed by atoms with Crippen LogP contribution in [0.3, 0.4) is 0 Å². The van der Waals surface area contributed by atoms with Crippen molar-refractivity contribution in [1.82, 2.24) is 5.01 Å². The van der Waals surface area contributed by atoms with E-state index < -0.39 is 0 Å². The van der Waals surface area contributed by atoms with Crippen LogP contribution in [0, 0.1) is 0 Å². The molecule has 0 unspecified atom stereocenters. The number of hydrazone groups is 1. The number of rotatable bonds is 4. The monoisotopic (exact) mass is 359 g/mol. The van der Waals surface area contributed by atoms with E-state index >= 15 is 0 Å². The molecule has 24 heavy (non-hydrogen) atoms. The van der Waals surface area contributed by atoms with E-state index in [-0.39, 0.29) is 0 Å². The molecule has 0 saturated carbocycles. The van der Waals surface area contributed by atoms with Crippen LogP contribution in [0.15, 0.2) is 65.8 Å². The molecule has 0 aromatic heterocycles. The second kappa shape index (κ2) is 8.22. The second-order valence-corrected chi connectivity index (χ2v) is 6.41. The van der Waals surface area contributed by atoms with E-state index in [1.807, 2.05) is 48.5 Å². The minimum atomic E-state index is 0.694. The number of benzene rings is 2. The first-order valence-electron chi connectivity index (χ1n) is 7.93. The van der Waals surface area contributed by atoms with Gasteiger partial charge in [-0.05, 0) is 35.9 Å². The van der Waals surface area contributed by atoms with Gasteiger partial charge in [0, 0.05) is 35.0 Å². The summed E-state index contributed by atoms with van der Waals surface area (Å²) in [6, 6.07) is 17.9. The highest BCUT2D eigenvalue weighted by molar-refractivity contribution is 6.49. The van der Waals surface area contributed by atoms with Crippen molar-refractivity contribution in [2.75, 3.05) is 31.1 Å². The molecular formula is C19H19Cl2N3. The fourth-order valence-electron chi connectivity index (χ4n) is 2.61. The zero-order valence-corrected chi connectivity index (χ0v) is 14.8. The molecule has 1 fully saturated rings. The molecule has 0 radical (unpaired) electrons. The lowest BCUT2D eigenvalue weighted by Crippen LogP contribution is -2.44. The maximum atomic E-state index is 6.27. The summed E-state index contributed by atoms with van der Waals surface area (Å²) >= 11 is 12.2.